The first-order valence-corrected chi connectivity index (χ1v) is 3.87. The molecule has 0 aromatic rings. The van der Waals surface area contributed by atoms with E-state index in [1.807, 2.05) is 0 Å². The summed E-state index contributed by atoms with van der Waals surface area (Å²) >= 11 is 0. The predicted molar refractivity (Wildman–Crippen MR) is 44.2 cm³/mol. The van der Waals surface area contributed by atoms with Crippen LogP contribution < -0.4 is 5.73 Å². The lowest BCUT2D eigenvalue weighted by atomic mass is 10.3. The Balaban J connectivity index is 4.07. The van der Waals surface area contributed by atoms with E-state index in [4.69, 9.17) is 15.9 Å². The van der Waals surface area contributed by atoms with Crippen LogP contribution in [0.2, 0.25) is 0 Å². The molecule has 5 heteroatoms. The minimum atomic E-state index is -0.417. The van der Waals surface area contributed by atoms with Crippen molar-refractivity contribution in [1.82, 2.24) is 0 Å². The normalized spacial score (nSPS) is 11.6. The standard InChI is InChI=1S/C7H16N2O3/c1-9(2-4-10,3-5-11)6-7(8)12/h10-11H,2-6H2,1H3,(H-,8,12)/p+1. The Labute approximate surface area is 72.0 Å². The minimum Gasteiger partial charge on any atom is -0.391 e. The van der Waals surface area contributed by atoms with Gasteiger partial charge in [0.15, 0.2) is 6.54 Å². The lowest BCUT2D eigenvalue weighted by molar-refractivity contribution is -0.902. The van der Waals surface area contributed by atoms with E-state index in [1.54, 1.807) is 7.05 Å². The van der Waals surface area contributed by atoms with Crippen LogP contribution in [0.25, 0.3) is 0 Å². The molecular formula is C7H17N2O3+. The molecule has 0 rings (SSSR count). The summed E-state index contributed by atoms with van der Waals surface area (Å²) in [7, 11) is 1.78. The van der Waals surface area contributed by atoms with E-state index in [-0.39, 0.29) is 19.8 Å². The lowest BCUT2D eigenvalue weighted by Gasteiger charge is -2.31. The second-order valence-corrected chi connectivity index (χ2v) is 3.14. The Morgan fingerprint density at radius 2 is 1.75 bits per heavy atom. The highest BCUT2D eigenvalue weighted by Gasteiger charge is 2.22. The maximum Gasteiger partial charge on any atom is 0.272 e. The van der Waals surface area contributed by atoms with E-state index in [2.05, 4.69) is 0 Å². The number of likely N-dealkylation sites (N-methyl/N-ethyl adjacent to an activating group) is 1. The zero-order valence-corrected chi connectivity index (χ0v) is 7.36. The molecule has 0 aromatic heterocycles. The summed E-state index contributed by atoms with van der Waals surface area (Å²) in [5, 5.41) is 17.4. The highest BCUT2D eigenvalue weighted by atomic mass is 16.3. The second-order valence-electron chi connectivity index (χ2n) is 3.14. The summed E-state index contributed by atoms with van der Waals surface area (Å²) in [6.07, 6.45) is 0. The van der Waals surface area contributed by atoms with E-state index in [0.29, 0.717) is 17.6 Å². The van der Waals surface area contributed by atoms with Crippen LogP contribution in [0.1, 0.15) is 0 Å². The monoisotopic (exact) mass is 177 g/mol. The Kier molecular flexibility index (Phi) is 4.80. The Morgan fingerprint density at radius 3 is 2.00 bits per heavy atom. The summed E-state index contributed by atoms with van der Waals surface area (Å²) in [6, 6.07) is 0. The van der Waals surface area contributed by atoms with Gasteiger partial charge in [-0.2, -0.15) is 0 Å². The van der Waals surface area contributed by atoms with Crippen molar-refractivity contribution in [2.45, 2.75) is 0 Å². The van der Waals surface area contributed by atoms with Crippen LogP contribution in [0.5, 0.6) is 0 Å². The van der Waals surface area contributed by atoms with Crippen LogP contribution in [-0.4, -0.2) is 60.5 Å². The van der Waals surface area contributed by atoms with Gasteiger partial charge in [-0.15, -0.1) is 0 Å². The predicted octanol–water partition coefficient (Wildman–Crippen LogP) is -2.10. The molecule has 0 aliphatic rings. The third-order valence-corrected chi connectivity index (χ3v) is 1.82. The Morgan fingerprint density at radius 1 is 1.33 bits per heavy atom. The zero-order chi connectivity index (χ0) is 9.61. The van der Waals surface area contributed by atoms with Crippen molar-refractivity contribution in [1.29, 1.82) is 0 Å². The minimum absolute atomic E-state index is 0.0101. The summed E-state index contributed by atoms with van der Waals surface area (Å²) in [4.78, 5) is 10.6. The first-order chi connectivity index (χ1) is 5.54. The molecule has 0 aromatic carbocycles. The third kappa shape index (κ3) is 4.27. The molecule has 0 aliphatic heterocycles. The number of carbonyl (C=O) groups is 1. The molecule has 0 atom stereocenters. The number of hydrogen-bond acceptors (Lipinski definition) is 3. The summed E-state index contributed by atoms with van der Waals surface area (Å²) in [5.74, 6) is -0.417. The lowest BCUT2D eigenvalue weighted by Crippen LogP contribution is -2.52. The fraction of sp³-hybridized carbons (Fsp3) is 0.857. The van der Waals surface area contributed by atoms with E-state index in [0.717, 1.165) is 0 Å². The molecular weight excluding hydrogens is 160 g/mol. The molecule has 0 saturated heterocycles. The number of quaternary nitrogens is 1. The fourth-order valence-electron chi connectivity index (χ4n) is 1.13. The molecule has 72 valence electrons. The number of aliphatic hydroxyl groups is 2. The molecule has 0 bridgehead atoms. The van der Waals surface area contributed by atoms with Crippen LogP contribution in [0.15, 0.2) is 0 Å². The van der Waals surface area contributed by atoms with Gasteiger partial charge in [-0.25, -0.2) is 0 Å². The number of aliphatic hydroxyl groups excluding tert-OH is 2. The fourth-order valence-corrected chi connectivity index (χ4v) is 1.13. The van der Waals surface area contributed by atoms with Crippen LogP contribution in [0, 0.1) is 0 Å². The van der Waals surface area contributed by atoms with Crippen molar-refractivity contribution in [2.24, 2.45) is 5.73 Å². The topological polar surface area (TPSA) is 83.6 Å². The molecule has 0 aliphatic carbocycles. The highest BCUT2D eigenvalue weighted by molar-refractivity contribution is 5.74. The van der Waals surface area contributed by atoms with Crippen molar-refractivity contribution in [2.75, 3.05) is 39.9 Å². The number of nitrogens with zero attached hydrogens (tertiary/aromatic N) is 1. The van der Waals surface area contributed by atoms with Gasteiger partial charge in [0.2, 0.25) is 0 Å². The molecule has 0 radical (unpaired) electrons. The van der Waals surface area contributed by atoms with E-state index in [9.17, 15) is 4.79 Å². The summed E-state index contributed by atoms with van der Waals surface area (Å²) in [5.41, 5.74) is 5.02. The number of primary amides is 1. The largest absolute Gasteiger partial charge is 0.391 e. The number of carbonyl (C=O) groups excluding carboxylic acids is 1. The zero-order valence-electron chi connectivity index (χ0n) is 7.36. The Hall–Kier alpha value is -0.650. The average Bonchev–Trinajstić information content (AvgIpc) is 1.85. The first kappa shape index (κ1) is 11.4. The van der Waals surface area contributed by atoms with Gasteiger partial charge in [0.25, 0.3) is 5.91 Å². The van der Waals surface area contributed by atoms with Crippen molar-refractivity contribution in [3.05, 3.63) is 0 Å². The van der Waals surface area contributed by atoms with Gasteiger partial charge in [-0.05, 0) is 0 Å². The van der Waals surface area contributed by atoms with Crippen LogP contribution in [0.3, 0.4) is 0 Å². The van der Waals surface area contributed by atoms with Crippen molar-refractivity contribution in [3.63, 3.8) is 0 Å². The summed E-state index contributed by atoms with van der Waals surface area (Å²) in [6.45, 7) is 1.00. The molecule has 0 heterocycles. The van der Waals surface area contributed by atoms with Crippen molar-refractivity contribution in [3.8, 4) is 0 Å². The van der Waals surface area contributed by atoms with Crippen molar-refractivity contribution < 1.29 is 19.5 Å². The number of hydrogen-bond donors (Lipinski definition) is 3. The second kappa shape index (κ2) is 5.08. The van der Waals surface area contributed by atoms with Gasteiger partial charge in [0.05, 0.1) is 20.3 Å². The highest BCUT2D eigenvalue weighted by Crippen LogP contribution is 1.99. The quantitative estimate of drug-likeness (QED) is 0.406. The molecule has 4 N–H and O–H groups in total. The molecule has 0 fully saturated rings. The smallest absolute Gasteiger partial charge is 0.272 e. The van der Waals surface area contributed by atoms with Crippen LogP contribution >= 0.6 is 0 Å². The summed E-state index contributed by atoms with van der Waals surface area (Å²) < 4.78 is 0.294. The molecule has 1 amide bonds. The molecule has 0 saturated carbocycles. The van der Waals surface area contributed by atoms with E-state index in [1.165, 1.54) is 0 Å². The number of amides is 1. The Bertz CT molecular complexity index is 144. The van der Waals surface area contributed by atoms with Gasteiger partial charge in [0, 0.05) is 0 Å². The average molecular weight is 177 g/mol. The van der Waals surface area contributed by atoms with E-state index >= 15 is 0 Å². The van der Waals surface area contributed by atoms with Gasteiger partial charge in [0.1, 0.15) is 13.1 Å². The van der Waals surface area contributed by atoms with Gasteiger partial charge in [-0.3, -0.25) is 4.79 Å². The maximum absolute atomic E-state index is 10.6. The van der Waals surface area contributed by atoms with Crippen molar-refractivity contribution >= 4 is 5.91 Å². The van der Waals surface area contributed by atoms with Crippen LogP contribution in [0.4, 0.5) is 0 Å². The maximum atomic E-state index is 10.6. The molecule has 5 nitrogen and oxygen atoms in total. The molecule has 0 unspecified atom stereocenters. The van der Waals surface area contributed by atoms with Crippen LogP contribution in [-0.2, 0) is 4.79 Å². The first-order valence-electron chi connectivity index (χ1n) is 3.87. The molecule has 12 heavy (non-hydrogen) atoms. The van der Waals surface area contributed by atoms with Gasteiger partial charge < -0.3 is 20.4 Å². The SMILES string of the molecule is C[N+](CCO)(CCO)CC(N)=O. The van der Waals surface area contributed by atoms with Gasteiger partial charge >= 0.3 is 0 Å². The number of nitrogens with two attached hydrogens (primary N) is 1. The molecule has 0 spiro atoms. The number of rotatable bonds is 6. The van der Waals surface area contributed by atoms with E-state index < -0.39 is 5.91 Å². The third-order valence-electron chi connectivity index (χ3n) is 1.82. The van der Waals surface area contributed by atoms with Gasteiger partial charge in [-0.1, -0.05) is 0 Å².